The molecule has 16 rings (SSSR count). The van der Waals surface area contributed by atoms with Crippen molar-refractivity contribution >= 4 is 56.8 Å². The largest absolute Gasteiger partial charge is 0.497 e. The van der Waals surface area contributed by atoms with Gasteiger partial charge in [0.25, 0.3) is 0 Å². The quantitative estimate of drug-likeness (QED) is 0.105. The Bertz CT molecular complexity index is 3470. The molecule has 0 fully saturated rings. The lowest BCUT2D eigenvalue weighted by molar-refractivity contribution is 0.175. The Morgan fingerprint density at radius 1 is 0.312 bits per heavy atom. The number of thiophene rings is 2. The van der Waals surface area contributed by atoms with Crippen LogP contribution in [0.25, 0.3) is 41.8 Å². The standard InChI is InChI=1S/C68H58N2O8S2/c1-71-55-29-21-51(22-30-55)69(52-23-31-56(72-2)32-24-52)49-17-13-47(14-18-49)65-61-63(77-39-37-75-61)67(79-65)59-41-43-5-9-45(59)11-7-44-6-10-46(12-8-43)60(42-44)68-64-62(76-38-40-78-64)66(80-68)48-15-19-50(20-16-48)70(53-25-33-57(73-3)34-26-53)54-27-35-58(74-4)36-28-54/h5-6,9-10,13-36,41-42H,7-8,11-12,37-40H2,1-4H3. The van der Waals surface area contributed by atoms with E-state index in [4.69, 9.17) is 37.9 Å². The minimum atomic E-state index is 0.496. The van der Waals surface area contributed by atoms with Gasteiger partial charge < -0.3 is 47.7 Å². The Hall–Kier alpha value is -8.84. The van der Waals surface area contributed by atoms with Gasteiger partial charge >= 0.3 is 0 Å². The molecule has 8 aromatic carbocycles. The van der Waals surface area contributed by atoms with Crippen LogP contribution in [-0.2, 0) is 25.7 Å². The Kier molecular flexibility index (Phi) is 14.0. The van der Waals surface area contributed by atoms with Crippen molar-refractivity contribution in [3.05, 3.63) is 204 Å². The molecule has 4 heterocycles. The van der Waals surface area contributed by atoms with E-state index in [1.165, 1.54) is 33.4 Å². The van der Waals surface area contributed by atoms with Gasteiger partial charge in [0.05, 0.1) is 47.9 Å². The predicted octanol–water partition coefficient (Wildman–Crippen LogP) is 16.9. The van der Waals surface area contributed by atoms with Crippen molar-refractivity contribution in [1.82, 2.24) is 0 Å². The second-order valence-electron chi connectivity index (χ2n) is 19.8. The molecule has 2 aromatic heterocycles. The number of benzene rings is 8. The third-order valence-corrected chi connectivity index (χ3v) is 17.6. The van der Waals surface area contributed by atoms with E-state index in [9.17, 15) is 0 Å². The number of rotatable bonds is 14. The van der Waals surface area contributed by atoms with Gasteiger partial charge in [-0.25, -0.2) is 0 Å². The molecule has 10 nitrogen and oxygen atoms in total. The summed E-state index contributed by atoms with van der Waals surface area (Å²) >= 11 is 3.51. The van der Waals surface area contributed by atoms with E-state index in [1.54, 1.807) is 51.1 Å². The van der Waals surface area contributed by atoms with E-state index < -0.39 is 0 Å². The molecule has 2 aliphatic heterocycles. The van der Waals surface area contributed by atoms with Crippen LogP contribution in [0.15, 0.2) is 182 Å². The highest BCUT2D eigenvalue weighted by atomic mass is 32.1. The van der Waals surface area contributed by atoms with Crippen LogP contribution >= 0.6 is 22.7 Å². The maximum atomic E-state index is 6.57. The van der Waals surface area contributed by atoms with Gasteiger partial charge in [-0.2, -0.15) is 0 Å². The van der Waals surface area contributed by atoms with Crippen LogP contribution in [-0.4, -0.2) is 54.9 Å². The number of aryl methyl sites for hydroxylation is 4. The highest BCUT2D eigenvalue weighted by molar-refractivity contribution is 7.20. The molecule has 0 amide bonds. The molecule has 6 aliphatic rings. The topological polar surface area (TPSA) is 80.3 Å². The molecule has 80 heavy (non-hydrogen) atoms. The zero-order valence-electron chi connectivity index (χ0n) is 45.0. The predicted molar refractivity (Wildman–Crippen MR) is 323 cm³/mol. The third-order valence-electron chi connectivity index (χ3n) is 15.1. The monoisotopic (exact) mass is 1090 g/mol. The Morgan fingerprint density at radius 2 is 0.588 bits per heavy atom. The van der Waals surface area contributed by atoms with Gasteiger partial charge in [0.1, 0.15) is 49.4 Å². The molecule has 10 aromatic rings. The van der Waals surface area contributed by atoms with Crippen LogP contribution in [0, 0.1) is 0 Å². The fourth-order valence-corrected chi connectivity index (χ4v) is 13.4. The molecule has 0 unspecified atom stereocenters. The molecule has 0 radical (unpaired) electrons. The molecule has 4 aliphatic carbocycles. The number of anilines is 6. The van der Waals surface area contributed by atoms with Crippen molar-refractivity contribution in [3.63, 3.8) is 0 Å². The molecular formula is C68H58N2O8S2. The molecule has 0 saturated carbocycles. The van der Waals surface area contributed by atoms with Crippen molar-refractivity contribution < 1.29 is 37.9 Å². The van der Waals surface area contributed by atoms with Gasteiger partial charge in [-0.15, -0.1) is 22.7 Å². The first-order valence-corrected chi connectivity index (χ1v) is 28.5. The van der Waals surface area contributed by atoms with Gasteiger partial charge in [0.2, 0.25) is 0 Å². The summed E-state index contributed by atoms with van der Waals surface area (Å²) in [6.45, 7) is 1.99. The van der Waals surface area contributed by atoms with Crippen LogP contribution < -0.4 is 47.7 Å². The maximum Gasteiger partial charge on any atom is 0.180 e. The van der Waals surface area contributed by atoms with Crippen molar-refractivity contribution in [2.24, 2.45) is 0 Å². The van der Waals surface area contributed by atoms with Crippen LogP contribution in [0.3, 0.4) is 0 Å². The summed E-state index contributed by atoms with van der Waals surface area (Å²) in [7, 11) is 6.75. The number of ether oxygens (including phenoxy) is 8. The van der Waals surface area contributed by atoms with E-state index in [0.29, 0.717) is 26.4 Å². The summed E-state index contributed by atoms with van der Waals surface area (Å²) in [5.41, 5.74) is 15.7. The van der Waals surface area contributed by atoms with Gasteiger partial charge in [-0.3, -0.25) is 0 Å². The summed E-state index contributed by atoms with van der Waals surface area (Å²) in [5, 5.41) is 0. The lowest BCUT2D eigenvalue weighted by atomic mass is 9.90. The minimum Gasteiger partial charge on any atom is -0.497 e. The van der Waals surface area contributed by atoms with E-state index in [2.05, 4.69) is 143 Å². The summed E-state index contributed by atoms with van der Waals surface area (Å²) in [4.78, 5) is 8.80. The van der Waals surface area contributed by atoms with E-state index in [0.717, 1.165) is 136 Å². The van der Waals surface area contributed by atoms with E-state index in [-0.39, 0.29) is 0 Å². The van der Waals surface area contributed by atoms with Gasteiger partial charge in [-0.05, 0) is 204 Å². The molecule has 4 bridgehead atoms. The SMILES string of the molecule is COc1ccc(N(c2ccc(OC)cc2)c2ccc(-c3sc(-c4cc5ccc4CCc4ccc(c(-c6sc(-c7ccc(N(c8ccc(OC)cc8)c8ccc(OC)cc8)cc7)c7c6OCCO7)c4)CC5)c4c3OCCO4)cc2)cc1. The maximum absolute atomic E-state index is 6.57. The zero-order valence-corrected chi connectivity index (χ0v) is 46.6. The second kappa shape index (κ2) is 22.1. The highest BCUT2D eigenvalue weighted by Crippen LogP contribution is 2.57. The average molecular weight is 1100 g/mol. The van der Waals surface area contributed by atoms with Crippen LogP contribution in [0.2, 0.25) is 0 Å². The Morgan fingerprint density at radius 3 is 0.875 bits per heavy atom. The zero-order chi connectivity index (χ0) is 54.1. The lowest BCUT2D eigenvalue weighted by Crippen LogP contribution is -2.15. The first kappa shape index (κ1) is 50.7. The molecule has 0 saturated heterocycles. The Balaban J connectivity index is 0.800. The van der Waals surface area contributed by atoms with E-state index >= 15 is 0 Å². The summed E-state index contributed by atoms with van der Waals surface area (Å²) in [5.74, 6) is 6.50. The van der Waals surface area contributed by atoms with Crippen molar-refractivity contribution in [3.8, 4) is 87.8 Å². The summed E-state index contributed by atoms with van der Waals surface area (Å²) in [6.07, 6.45) is 3.41. The molecule has 400 valence electrons. The molecule has 12 heteroatoms. The van der Waals surface area contributed by atoms with Crippen molar-refractivity contribution in [2.45, 2.75) is 25.7 Å². The number of hydrogen-bond acceptors (Lipinski definition) is 12. The molecule has 0 spiro atoms. The first-order valence-electron chi connectivity index (χ1n) is 26.9. The van der Waals surface area contributed by atoms with Crippen LogP contribution in [0.5, 0.6) is 46.0 Å². The number of nitrogens with zero attached hydrogens (tertiary/aromatic N) is 2. The summed E-state index contributed by atoms with van der Waals surface area (Å²) < 4.78 is 48.2. The fourth-order valence-electron chi connectivity index (χ4n) is 11.0. The average Bonchev–Trinajstić information content (AvgIpc) is 4.14. The number of methoxy groups -OCH3 is 4. The van der Waals surface area contributed by atoms with Gasteiger partial charge in [0, 0.05) is 34.1 Å². The van der Waals surface area contributed by atoms with E-state index in [1.807, 2.05) is 48.5 Å². The molecule has 0 N–H and O–H groups in total. The number of fused-ring (bicyclic) bond motifs is 2. The Labute approximate surface area is 474 Å². The summed E-state index contributed by atoms with van der Waals surface area (Å²) in [6, 6.07) is 64.1. The van der Waals surface area contributed by atoms with Crippen molar-refractivity contribution in [2.75, 3.05) is 64.7 Å². The van der Waals surface area contributed by atoms with Crippen LogP contribution in [0.4, 0.5) is 34.1 Å². The smallest absolute Gasteiger partial charge is 0.180 e. The normalized spacial score (nSPS) is 13.2. The van der Waals surface area contributed by atoms with Crippen LogP contribution in [0.1, 0.15) is 22.3 Å². The number of hydrogen-bond donors (Lipinski definition) is 0. The second-order valence-corrected chi connectivity index (χ2v) is 21.8. The van der Waals surface area contributed by atoms with Gasteiger partial charge in [0.15, 0.2) is 23.0 Å². The van der Waals surface area contributed by atoms with Gasteiger partial charge in [-0.1, -0.05) is 48.5 Å². The highest BCUT2D eigenvalue weighted by Gasteiger charge is 2.31. The fraction of sp³-hybridized carbons (Fsp3) is 0.176. The third kappa shape index (κ3) is 9.79. The lowest BCUT2D eigenvalue weighted by Gasteiger charge is -2.26. The van der Waals surface area contributed by atoms with Crippen molar-refractivity contribution in [1.29, 1.82) is 0 Å². The molecule has 0 atom stereocenters. The first-order chi connectivity index (χ1) is 39.4. The molecular weight excluding hydrogens is 1040 g/mol. The minimum absolute atomic E-state index is 0.496.